The van der Waals surface area contributed by atoms with Gasteiger partial charge in [0.05, 0.1) is 6.07 Å². The lowest BCUT2D eigenvalue weighted by Gasteiger charge is -2.22. The summed E-state index contributed by atoms with van der Waals surface area (Å²) in [5, 5.41) is 9.44. The highest BCUT2D eigenvalue weighted by molar-refractivity contribution is 7.99. The van der Waals surface area contributed by atoms with E-state index in [0.29, 0.717) is 5.75 Å². The molecule has 0 spiro atoms. The first kappa shape index (κ1) is 14.6. The summed E-state index contributed by atoms with van der Waals surface area (Å²) in [6.45, 7) is 4.16. The van der Waals surface area contributed by atoms with Gasteiger partial charge in [-0.05, 0) is 31.0 Å². The quantitative estimate of drug-likeness (QED) is 0.868. The van der Waals surface area contributed by atoms with Gasteiger partial charge < -0.3 is 5.73 Å². The van der Waals surface area contributed by atoms with Crippen LogP contribution in [-0.4, -0.2) is 5.75 Å². The van der Waals surface area contributed by atoms with E-state index >= 15 is 0 Å². The number of nitrogens with two attached hydrogens (primary N) is 1. The number of benzene rings is 2. The molecule has 102 valence electrons. The third-order valence-corrected chi connectivity index (χ3v) is 4.64. The Kier molecular flexibility index (Phi) is 4.49. The molecule has 2 rings (SSSR count). The normalized spacial score (nSPS) is 13.5. The summed E-state index contributed by atoms with van der Waals surface area (Å²) in [6.07, 6.45) is 0. The second-order valence-corrected chi connectivity index (χ2v) is 6.02. The van der Waals surface area contributed by atoms with Crippen molar-refractivity contribution in [3.8, 4) is 6.07 Å². The molecule has 0 saturated heterocycles. The highest BCUT2D eigenvalue weighted by atomic mass is 32.2. The van der Waals surface area contributed by atoms with Crippen molar-refractivity contribution in [3.05, 3.63) is 65.2 Å². The predicted molar refractivity (Wildman–Crippen MR) is 84.6 cm³/mol. The smallest absolute Gasteiger partial charge is 0.139 e. The average Bonchev–Trinajstić information content (AvgIpc) is 2.47. The number of rotatable bonds is 4. The van der Waals surface area contributed by atoms with E-state index in [1.54, 1.807) is 11.8 Å². The van der Waals surface area contributed by atoms with Gasteiger partial charge in [0.25, 0.3) is 0 Å². The molecule has 0 aromatic heterocycles. The number of nitrogens with zero attached hydrogens (tertiary/aromatic N) is 1. The summed E-state index contributed by atoms with van der Waals surface area (Å²) in [4.78, 5) is 1.18. The van der Waals surface area contributed by atoms with Crippen molar-refractivity contribution in [3.63, 3.8) is 0 Å². The molecular weight excluding hydrogens is 264 g/mol. The Labute approximate surface area is 124 Å². The first-order valence-corrected chi connectivity index (χ1v) is 7.49. The van der Waals surface area contributed by atoms with Crippen LogP contribution in [0.5, 0.6) is 0 Å². The van der Waals surface area contributed by atoms with Crippen LogP contribution in [0.15, 0.2) is 53.4 Å². The molecule has 3 heteroatoms. The van der Waals surface area contributed by atoms with Gasteiger partial charge in [-0.25, -0.2) is 0 Å². The molecule has 2 aromatic carbocycles. The van der Waals surface area contributed by atoms with Crippen LogP contribution < -0.4 is 5.73 Å². The summed E-state index contributed by atoms with van der Waals surface area (Å²) < 4.78 is 0. The maximum Gasteiger partial charge on any atom is 0.139 e. The molecule has 2 N–H and O–H groups in total. The summed E-state index contributed by atoms with van der Waals surface area (Å²) in [5.74, 6) is 0.539. The largest absolute Gasteiger partial charge is 0.309 e. The van der Waals surface area contributed by atoms with Gasteiger partial charge in [-0.3, -0.25) is 0 Å². The molecule has 0 aliphatic carbocycles. The van der Waals surface area contributed by atoms with E-state index in [1.807, 2.05) is 30.3 Å². The van der Waals surface area contributed by atoms with E-state index in [1.165, 1.54) is 16.0 Å². The van der Waals surface area contributed by atoms with E-state index in [0.717, 1.165) is 5.56 Å². The Balaban J connectivity index is 2.18. The molecule has 2 aromatic rings. The van der Waals surface area contributed by atoms with Crippen LogP contribution in [-0.2, 0) is 5.54 Å². The molecule has 0 amide bonds. The van der Waals surface area contributed by atoms with Gasteiger partial charge in [0, 0.05) is 10.6 Å². The van der Waals surface area contributed by atoms with Gasteiger partial charge in [0.15, 0.2) is 0 Å². The fourth-order valence-corrected chi connectivity index (χ4v) is 3.13. The molecule has 0 bridgehead atoms. The summed E-state index contributed by atoms with van der Waals surface area (Å²) in [5.41, 5.74) is 8.64. The zero-order chi connectivity index (χ0) is 14.6. The number of nitriles is 1. The molecule has 0 aliphatic rings. The van der Waals surface area contributed by atoms with E-state index < -0.39 is 5.54 Å². The van der Waals surface area contributed by atoms with Crippen molar-refractivity contribution < 1.29 is 0 Å². The molecule has 0 fully saturated rings. The Hall–Kier alpha value is -1.76. The minimum Gasteiger partial charge on any atom is -0.309 e. The number of thioether (sulfide) groups is 1. The Morgan fingerprint density at radius 1 is 1.15 bits per heavy atom. The number of aryl methyl sites for hydroxylation is 2. The van der Waals surface area contributed by atoms with Crippen LogP contribution in [0.3, 0.4) is 0 Å². The highest BCUT2D eigenvalue weighted by Crippen LogP contribution is 2.29. The van der Waals surface area contributed by atoms with Crippen LogP contribution in [0, 0.1) is 25.2 Å². The minimum atomic E-state index is -0.955. The minimum absolute atomic E-state index is 0.539. The summed E-state index contributed by atoms with van der Waals surface area (Å²) in [7, 11) is 0. The lowest BCUT2D eigenvalue weighted by atomic mass is 9.95. The molecule has 1 atom stereocenters. The fraction of sp³-hybridized carbons (Fsp3) is 0.235. The molecule has 2 nitrogen and oxygen atoms in total. The van der Waals surface area contributed by atoms with Crippen molar-refractivity contribution in [1.82, 2.24) is 0 Å². The topological polar surface area (TPSA) is 49.8 Å². The second-order valence-electron chi connectivity index (χ2n) is 5.01. The lowest BCUT2D eigenvalue weighted by molar-refractivity contribution is 0.659. The van der Waals surface area contributed by atoms with Crippen LogP contribution in [0.25, 0.3) is 0 Å². The Bertz CT molecular complexity index is 631. The molecule has 0 heterocycles. The first-order chi connectivity index (χ1) is 9.55. The second kappa shape index (κ2) is 6.13. The van der Waals surface area contributed by atoms with E-state index in [2.05, 4.69) is 38.1 Å². The fourth-order valence-electron chi connectivity index (χ4n) is 2.07. The first-order valence-electron chi connectivity index (χ1n) is 6.51. The lowest BCUT2D eigenvalue weighted by Crippen LogP contribution is -2.37. The van der Waals surface area contributed by atoms with Gasteiger partial charge in [0.2, 0.25) is 0 Å². The maximum atomic E-state index is 9.44. The van der Waals surface area contributed by atoms with Crippen molar-refractivity contribution in [2.45, 2.75) is 24.3 Å². The van der Waals surface area contributed by atoms with Crippen LogP contribution in [0.4, 0.5) is 0 Å². The van der Waals surface area contributed by atoms with Crippen LogP contribution >= 0.6 is 11.8 Å². The van der Waals surface area contributed by atoms with Crippen molar-refractivity contribution in [1.29, 1.82) is 5.26 Å². The van der Waals surface area contributed by atoms with Gasteiger partial charge in [-0.1, -0.05) is 48.0 Å². The molecule has 1 unspecified atom stereocenters. The van der Waals surface area contributed by atoms with Crippen molar-refractivity contribution in [2.24, 2.45) is 5.73 Å². The maximum absolute atomic E-state index is 9.44. The van der Waals surface area contributed by atoms with Gasteiger partial charge in [0.1, 0.15) is 5.54 Å². The monoisotopic (exact) mass is 282 g/mol. The number of hydrogen-bond acceptors (Lipinski definition) is 3. The van der Waals surface area contributed by atoms with E-state index in [9.17, 15) is 5.26 Å². The zero-order valence-electron chi connectivity index (χ0n) is 11.8. The van der Waals surface area contributed by atoms with Gasteiger partial charge in [-0.2, -0.15) is 5.26 Å². The van der Waals surface area contributed by atoms with Crippen LogP contribution in [0.1, 0.15) is 16.7 Å². The van der Waals surface area contributed by atoms with Crippen LogP contribution in [0.2, 0.25) is 0 Å². The Morgan fingerprint density at radius 2 is 1.85 bits per heavy atom. The summed E-state index contributed by atoms with van der Waals surface area (Å²) in [6, 6.07) is 18.2. The third kappa shape index (κ3) is 3.22. The molecule has 0 saturated carbocycles. The Morgan fingerprint density at radius 3 is 2.45 bits per heavy atom. The molecule has 0 aliphatic heterocycles. The predicted octanol–water partition coefficient (Wildman–Crippen LogP) is 3.77. The van der Waals surface area contributed by atoms with E-state index in [4.69, 9.17) is 5.73 Å². The average molecular weight is 282 g/mol. The molecular formula is C17H18N2S. The molecule has 20 heavy (non-hydrogen) atoms. The van der Waals surface area contributed by atoms with Gasteiger partial charge in [-0.15, -0.1) is 11.8 Å². The zero-order valence-corrected chi connectivity index (χ0v) is 12.6. The standard InChI is InChI=1S/C17H18N2S/c1-13-8-9-16(14(2)10-13)20-12-17(19,11-18)15-6-4-3-5-7-15/h3-10H,12,19H2,1-2H3. The molecule has 0 radical (unpaired) electrons. The highest BCUT2D eigenvalue weighted by Gasteiger charge is 2.27. The summed E-state index contributed by atoms with van der Waals surface area (Å²) >= 11 is 1.63. The number of hydrogen-bond donors (Lipinski definition) is 1. The van der Waals surface area contributed by atoms with Crippen molar-refractivity contribution in [2.75, 3.05) is 5.75 Å². The van der Waals surface area contributed by atoms with Crippen molar-refractivity contribution >= 4 is 11.8 Å². The SMILES string of the molecule is Cc1ccc(SCC(N)(C#N)c2ccccc2)c(C)c1. The third-order valence-electron chi connectivity index (χ3n) is 3.27. The van der Waals surface area contributed by atoms with Gasteiger partial charge >= 0.3 is 0 Å². The van der Waals surface area contributed by atoms with E-state index in [-0.39, 0.29) is 0 Å².